The Morgan fingerprint density at radius 3 is 2.75 bits per heavy atom. The van der Waals surface area contributed by atoms with E-state index in [1.54, 1.807) is 31.2 Å². The Hall–Kier alpha value is -2.88. The van der Waals surface area contributed by atoms with E-state index in [-0.39, 0.29) is 18.4 Å². The van der Waals surface area contributed by atoms with Gasteiger partial charge in [-0.2, -0.15) is 5.26 Å². The number of nitrogens with one attached hydrogen (secondary N) is 2. The average Bonchev–Trinajstić information content (AvgIpc) is 2.77. The molecule has 0 spiro atoms. The minimum atomic E-state index is -1.29. The van der Waals surface area contributed by atoms with Crippen LogP contribution in [0.4, 0.5) is 4.79 Å². The molecule has 7 nitrogen and oxygen atoms in total. The second kappa shape index (κ2) is 6.71. The van der Waals surface area contributed by atoms with E-state index in [1.165, 1.54) is 0 Å². The number of rotatable bonds is 5. The van der Waals surface area contributed by atoms with Crippen LogP contribution in [0, 0.1) is 17.2 Å². The van der Waals surface area contributed by atoms with Gasteiger partial charge in [0.05, 0.1) is 11.6 Å². The largest absolute Gasteiger partial charge is 0.354 e. The van der Waals surface area contributed by atoms with Crippen molar-refractivity contribution in [3.63, 3.8) is 0 Å². The summed E-state index contributed by atoms with van der Waals surface area (Å²) >= 11 is 0. The van der Waals surface area contributed by atoms with E-state index in [0.717, 1.165) is 4.90 Å². The van der Waals surface area contributed by atoms with Gasteiger partial charge < -0.3 is 10.6 Å². The molecule has 1 fully saturated rings. The Balaban J connectivity index is 2.18. The number of imide groups is 1. The normalized spacial score (nSPS) is 20.0. The lowest BCUT2D eigenvalue weighted by Crippen LogP contribution is -2.43. The second-order valence-corrected chi connectivity index (χ2v) is 6.34. The van der Waals surface area contributed by atoms with Crippen molar-refractivity contribution in [3.8, 4) is 6.07 Å². The lowest BCUT2D eigenvalue weighted by molar-refractivity contribution is -0.134. The standard InChI is InChI=1S/C17H20N4O3/c1-11(2)9-19-14(22)10-21-15(23)17(3,20-16(21)24)13-6-4-5-12(7-13)8-18/h4-7,11H,9-10H2,1-3H3,(H,19,22)(H,20,24)/t17-/m1/s1. The first-order valence-corrected chi connectivity index (χ1v) is 7.69. The van der Waals surface area contributed by atoms with Gasteiger partial charge in [0.1, 0.15) is 12.1 Å². The van der Waals surface area contributed by atoms with Gasteiger partial charge in [-0.1, -0.05) is 26.0 Å². The highest BCUT2D eigenvalue weighted by atomic mass is 16.2. The first-order chi connectivity index (χ1) is 11.3. The lowest BCUT2D eigenvalue weighted by Gasteiger charge is -2.22. The average molecular weight is 328 g/mol. The number of nitriles is 1. The topological polar surface area (TPSA) is 102 Å². The number of amides is 4. The molecule has 1 aromatic rings. The lowest BCUT2D eigenvalue weighted by atomic mass is 9.91. The van der Waals surface area contributed by atoms with E-state index >= 15 is 0 Å². The third-order valence-corrected chi connectivity index (χ3v) is 3.85. The number of nitrogens with zero attached hydrogens (tertiary/aromatic N) is 2. The molecule has 1 atom stereocenters. The zero-order valence-electron chi connectivity index (χ0n) is 13.9. The molecule has 1 saturated heterocycles. The molecule has 1 aliphatic heterocycles. The number of carbonyl (C=O) groups excluding carboxylic acids is 3. The van der Waals surface area contributed by atoms with Crippen molar-refractivity contribution >= 4 is 17.8 Å². The van der Waals surface area contributed by atoms with E-state index in [1.807, 2.05) is 19.9 Å². The summed E-state index contributed by atoms with van der Waals surface area (Å²) in [5.41, 5.74) is -0.392. The molecule has 24 heavy (non-hydrogen) atoms. The molecule has 0 saturated carbocycles. The van der Waals surface area contributed by atoms with Gasteiger partial charge in [0, 0.05) is 6.54 Å². The minimum absolute atomic E-state index is 0.274. The molecule has 1 heterocycles. The summed E-state index contributed by atoms with van der Waals surface area (Å²) in [7, 11) is 0. The number of carbonyl (C=O) groups is 3. The highest BCUT2D eigenvalue weighted by Gasteiger charge is 2.49. The van der Waals surface area contributed by atoms with Crippen molar-refractivity contribution in [1.29, 1.82) is 5.26 Å². The van der Waals surface area contributed by atoms with Crippen LogP contribution in [0.5, 0.6) is 0 Å². The summed E-state index contributed by atoms with van der Waals surface area (Å²) in [6.45, 7) is 5.62. The van der Waals surface area contributed by atoms with E-state index in [4.69, 9.17) is 5.26 Å². The maximum absolute atomic E-state index is 12.7. The van der Waals surface area contributed by atoms with Gasteiger partial charge in [0.25, 0.3) is 5.91 Å². The van der Waals surface area contributed by atoms with Gasteiger partial charge in [-0.05, 0) is 30.5 Å². The molecule has 7 heteroatoms. The fourth-order valence-electron chi connectivity index (χ4n) is 2.45. The summed E-state index contributed by atoms with van der Waals surface area (Å²) in [6, 6.07) is 7.87. The molecule has 0 aliphatic carbocycles. The highest BCUT2D eigenvalue weighted by molar-refractivity contribution is 6.09. The van der Waals surface area contributed by atoms with Crippen LogP contribution in [0.15, 0.2) is 24.3 Å². The molecule has 0 unspecified atom stereocenters. The maximum atomic E-state index is 12.7. The SMILES string of the molecule is CC(C)CNC(=O)CN1C(=O)N[C@](C)(c2cccc(C#N)c2)C1=O. The quantitative estimate of drug-likeness (QED) is 0.790. The smallest absolute Gasteiger partial charge is 0.325 e. The Kier molecular flexibility index (Phi) is 4.88. The fraction of sp³-hybridized carbons (Fsp3) is 0.412. The molecule has 0 radical (unpaired) electrons. The van der Waals surface area contributed by atoms with Crippen molar-refractivity contribution in [1.82, 2.24) is 15.5 Å². The van der Waals surface area contributed by atoms with Gasteiger partial charge in [-0.25, -0.2) is 4.79 Å². The molecule has 0 bridgehead atoms. The van der Waals surface area contributed by atoms with Crippen LogP contribution in [0.25, 0.3) is 0 Å². The molecular weight excluding hydrogens is 308 g/mol. The molecule has 0 aromatic heterocycles. The predicted octanol–water partition coefficient (Wildman–Crippen LogP) is 1.10. The summed E-state index contributed by atoms with van der Waals surface area (Å²) < 4.78 is 0. The molecule has 4 amide bonds. The van der Waals surface area contributed by atoms with Crippen LogP contribution in [0.1, 0.15) is 31.9 Å². The number of urea groups is 1. The van der Waals surface area contributed by atoms with E-state index in [0.29, 0.717) is 17.7 Å². The van der Waals surface area contributed by atoms with E-state index in [9.17, 15) is 14.4 Å². The Morgan fingerprint density at radius 1 is 1.42 bits per heavy atom. The van der Waals surface area contributed by atoms with Gasteiger partial charge in [0.15, 0.2) is 0 Å². The van der Waals surface area contributed by atoms with Gasteiger partial charge in [0.2, 0.25) is 5.91 Å². The molecule has 2 rings (SSSR count). The predicted molar refractivity (Wildman–Crippen MR) is 86.6 cm³/mol. The van der Waals surface area contributed by atoms with E-state index in [2.05, 4.69) is 10.6 Å². The zero-order chi connectivity index (χ0) is 17.9. The van der Waals surface area contributed by atoms with Crippen molar-refractivity contribution < 1.29 is 14.4 Å². The van der Waals surface area contributed by atoms with Crippen LogP contribution < -0.4 is 10.6 Å². The van der Waals surface area contributed by atoms with Crippen LogP contribution in [-0.4, -0.2) is 35.8 Å². The summed E-state index contributed by atoms with van der Waals surface area (Å²) in [5, 5.41) is 14.3. The Bertz CT molecular complexity index is 723. The minimum Gasteiger partial charge on any atom is -0.354 e. The van der Waals surface area contributed by atoms with Crippen molar-refractivity contribution in [3.05, 3.63) is 35.4 Å². The van der Waals surface area contributed by atoms with Crippen LogP contribution >= 0.6 is 0 Å². The second-order valence-electron chi connectivity index (χ2n) is 6.34. The fourth-order valence-corrected chi connectivity index (χ4v) is 2.45. The van der Waals surface area contributed by atoms with Crippen molar-refractivity contribution in [2.45, 2.75) is 26.3 Å². The molecule has 2 N–H and O–H groups in total. The summed E-state index contributed by atoms with van der Waals surface area (Å²) in [5.74, 6) is -0.624. The third-order valence-electron chi connectivity index (χ3n) is 3.85. The van der Waals surface area contributed by atoms with Crippen molar-refractivity contribution in [2.75, 3.05) is 13.1 Å². The van der Waals surface area contributed by atoms with Crippen LogP contribution in [-0.2, 0) is 15.1 Å². The van der Waals surface area contributed by atoms with Crippen LogP contribution in [0.3, 0.4) is 0 Å². The maximum Gasteiger partial charge on any atom is 0.325 e. The van der Waals surface area contributed by atoms with Crippen molar-refractivity contribution in [2.24, 2.45) is 5.92 Å². The van der Waals surface area contributed by atoms with Crippen LogP contribution in [0.2, 0.25) is 0 Å². The zero-order valence-corrected chi connectivity index (χ0v) is 13.9. The monoisotopic (exact) mass is 328 g/mol. The Labute approximate surface area is 140 Å². The first kappa shape index (κ1) is 17.5. The molecule has 126 valence electrons. The Morgan fingerprint density at radius 2 is 2.12 bits per heavy atom. The summed E-state index contributed by atoms with van der Waals surface area (Å²) in [6.07, 6.45) is 0. The molecule has 1 aromatic carbocycles. The molecule has 1 aliphatic rings. The first-order valence-electron chi connectivity index (χ1n) is 7.69. The van der Waals surface area contributed by atoms with Gasteiger partial charge >= 0.3 is 6.03 Å². The number of hydrogen-bond donors (Lipinski definition) is 2. The number of hydrogen-bond acceptors (Lipinski definition) is 4. The van der Waals surface area contributed by atoms with E-state index < -0.39 is 17.5 Å². The number of benzene rings is 1. The third kappa shape index (κ3) is 3.38. The highest BCUT2D eigenvalue weighted by Crippen LogP contribution is 2.29. The molecular formula is C17H20N4O3. The van der Waals surface area contributed by atoms with Gasteiger partial charge in [-0.3, -0.25) is 14.5 Å². The summed E-state index contributed by atoms with van der Waals surface area (Å²) in [4.78, 5) is 37.7. The van der Waals surface area contributed by atoms with Gasteiger partial charge in [-0.15, -0.1) is 0 Å².